The van der Waals surface area contributed by atoms with Crippen LogP contribution in [-0.4, -0.2) is 11.5 Å². The first-order valence-corrected chi connectivity index (χ1v) is 4.22. The van der Waals surface area contributed by atoms with Gasteiger partial charge in [0.05, 0.1) is 5.69 Å². The van der Waals surface area contributed by atoms with Gasteiger partial charge in [0.2, 0.25) is 0 Å². The molecule has 0 saturated carbocycles. The normalized spacial score (nSPS) is 15.3. The zero-order valence-electron chi connectivity index (χ0n) is 7.01. The molecular formula is C10H12N2. The lowest BCUT2D eigenvalue weighted by atomic mass is 10.1. The fourth-order valence-corrected chi connectivity index (χ4v) is 1.47. The summed E-state index contributed by atoms with van der Waals surface area (Å²) in [5.41, 5.74) is 3.54. The van der Waals surface area contributed by atoms with Gasteiger partial charge in [0.15, 0.2) is 0 Å². The maximum absolute atomic E-state index is 4.47. The minimum atomic E-state index is 0.958. The third kappa shape index (κ3) is 1.25. The average molecular weight is 160 g/mol. The number of pyridine rings is 1. The van der Waals surface area contributed by atoms with Gasteiger partial charge >= 0.3 is 0 Å². The van der Waals surface area contributed by atoms with E-state index in [2.05, 4.69) is 22.9 Å². The quantitative estimate of drug-likeness (QED) is 0.671. The van der Waals surface area contributed by atoms with Crippen molar-refractivity contribution < 1.29 is 0 Å². The van der Waals surface area contributed by atoms with Crippen LogP contribution in [0.3, 0.4) is 0 Å². The molecule has 0 aromatic carbocycles. The maximum atomic E-state index is 4.47. The van der Waals surface area contributed by atoms with Crippen molar-refractivity contribution in [3.05, 3.63) is 35.7 Å². The van der Waals surface area contributed by atoms with Crippen molar-refractivity contribution in [1.29, 1.82) is 0 Å². The van der Waals surface area contributed by atoms with E-state index in [-0.39, 0.29) is 0 Å². The Hall–Kier alpha value is -1.15. The lowest BCUT2D eigenvalue weighted by Crippen LogP contribution is -2.24. The molecule has 1 aliphatic heterocycles. The minimum Gasteiger partial charge on any atom is -0.312 e. The highest BCUT2D eigenvalue weighted by Gasteiger charge is 2.08. The number of hydrogen-bond acceptors (Lipinski definition) is 2. The van der Waals surface area contributed by atoms with E-state index in [0.29, 0.717) is 0 Å². The first-order valence-electron chi connectivity index (χ1n) is 4.22. The Morgan fingerprint density at radius 3 is 3.25 bits per heavy atom. The molecule has 0 atom stereocenters. The van der Waals surface area contributed by atoms with Crippen molar-refractivity contribution >= 4 is 6.08 Å². The molecule has 0 unspecified atom stereocenters. The number of nitrogens with zero attached hydrogens (tertiary/aromatic N) is 1. The van der Waals surface area contributed by atoms with Gasteiger partial charge in [-0.2, -0.15) is 0 Å². The highest BCUT2D eigenvalue weighted by Crippen LogP contribution is 2.12. The number of rotatable bonds is 1. The Kier molecular flexibility index (Phi) is 1.92. The Morgan fingerprint density at radius 2 is 2.42 bits per heavy atom. The fraction of sp³-hybridized carbons (Fsp3) is 0.300. The first-order chi connectivity index (χ1) is 5.90. The number of nitrogens with one attached hydrogen (secondary N) is 1. The molecule has 62 valence electrons. The Morgan fingerprint density at radius 1 is 1.50 bits per heavy atom. The molecule has 0 saturated heterocycles. The van der Waals surface area contributed by atoms with Crippen LogP contribution in [0.4, 0.5) is 0 Å². The van der Waals surface area contributed by atoms with E-state index < -0.39 is 0 Å². The van der Waals surface area contributed by atoms with Crippen LogP contribution < -0.4 is 5.32 Å². The molecule has 12 heavy (non-hydrogen) atoms. The van der Waals surface area contributed by atoms with E-state index in [1.54, 1.807) is 6.08 Å². The van der Waals surface area contributed by atoms with Crippen molar-refractivity contribution in [1.82, 2.24) is 10.3 Å². The number of fused-ring (bicyclic) bond motifs is 1. The highest BCUT2D eigenvalue weighted by molar-refractivity contribution is 5.43. The predicted molar refractivity (Wildman–Crippen MR) is 49.7 cm³/mol. The summed E-state index contributed by atoms with van der Waals surface area (Å²) in [5, 5.41) is 3.31. The average Bonchev–Trinajstić information content (AvgIpc) is 2.17. The van der Waals surface area contributed by atoms with Gasteiger partial charge in [-0.15, -0.1) is 0 Å². The minimum absolute atomic E-state index is 0.958. The SMILES string of the molecule is C=Cc1ccc2c(n1)CCNC2. The van der Waals surface area contributed by atoms with Gasteiger partial charge in [-0.3, -0.25) is 4.98 Å². The molecular weight excluding hydrogens is 148 g/mol. The smallest absolute Gasteiger partial charge is 0.0627 e. The van der Waals surface area contributed by atoms with Gasteiger partial charge in [0.1, 0.15) is 0 Å². The summed E-state index contributed by atoms with van der Waals surface area (Å²) in [7, 11) is 0. The predicted octanol–water partition coefficient (Wildman–Crippen LogP) is 1.37. The van der Waals surface area contributed by atoms with Gasteiger partial charge < -0.3 is 5.32 Å². The molecule has 2 heterocycles. The third-order valence-electron chi connectivity index (χ3n) is 2.15. The second-order valence-corrected chi connectivity index (χ2v) is 2.97. The van der Waals surface area contributed by atoms with E-state index >= 15 is 0 Å². The maximum Gasteiger partial charge on any atom is 0.0627 e. The van der Waals surface area contributed by atoms with Gasteiger partial charge in [-0.05, 0) is 17.7 Å². The molecule has 0 bridgehead atoms. The van der Waals surface area contributed by atoms with E-state index in [4.69, 9.17) is 0 Å². The Balaban J connectivity index is 2.42. The summed E-state index contributed by atoms with van der Waals surface area (Å²) < 4.78 is 0. The second-order valence-electron chi connectivity index (χ2n) is 2.97. The molecule has 0 fully saturated rings. The topological polar surface area (TPSA) is 24.9 Å². The van der Waals surface area contributed by atoms with Gasteiger partial charge in [0.25, 0.3) is 0 Å². The lowest BCUT2D eigenvalue weighted by molar-refractivity contribution is 0.630. The van der Waals surface area contributed by atoms with Crippen molar-refractivity contribution in [3.63, 3.8) is 0 Å². The van der Waals surface area contributed by atoms with Crippen LogP contribution in [0, 0.1) is 0 Å². The molecule has 0 radical (unpaired) electrons. The molecule has 1 aromatic rings. The summed E-state index contributed by atoms with van der Waals surface area (Å²) in [5.74, 6) is 0. The van der Waals surface area contributed by atoms with Crippen molar-refractivity contribution in [2.45, 2.75) is 13.0 Å². The van der Waals surface area contributed by atoms with Crippen LogP contribution in [0.25, 0.3) is 6.08 Å². The zero-order valence-corrected chi connectivity index (χ0v) is 7.01. The molecule has 2 rings (SSSR count). The van der Waals surface area contributed by atoms with Crippen LogP contribution in [0.1, 0.15) is 17.0 Å². The Labute approximate surface area is 72.3 Å². The van der Waals surface area contributed by atoms with Crippen molar-refractivity contribution in [2.75, 3.05) is 6.54 Å². The fourth-order valence-electron chi connectivity index (χ4n) is 1.47. The van der Waals surface area contributed by atoms with E-state index in [1.807, 2.05) is 6.07 Å². The highest BCUT2D eigenvalue weighted by atomic mass is 14.9. The van der Waals surface area contributed by atoms with E-state index in [1.165, 1.54) is 11.3 Å². The molecule has 0 spiro atoms. The summed E-state index contributed by atoms with van der Waals surface area (Å²) >= 11 is 0. The molecule has 2 heteroatoms. The molecule has 0 aliphatic carbocycles. The number of hydrogen-bond donors (Lipinski definition) is 1. The first kappa shape index (κ1) is 7.50. The van der Waals surface area contributed by atoms with Crippen LogP contribution in [0.5, 0.6) is 0 Å². The monoisotopic (exact) mass is 160 g/mol. The second kappa shape index (κ2) is 3.07. The molecule has 1 N–H and O–H groups in total. The van der Waals surface area contributed by atoms with Gasteiger partial charge in [-0.25, -0.2) is 0 Å². The van der Waals surface area contributed by atoms with Gasteiger partial charge in [0, 0.05) is 25.2 Å². The molecule has 1 aliphatic rings. The van der Waals surface area contributed by atoms with Crippen LogP contribution in [0.15, 0.2) is 18.7 Å². The van der Waals surface area contributed by atoms with E-state index in [0.717, 1.165) is 25.2 Å². The zero-order chi connectivity index (χ0) is 8.39. The summed E-state index contributed by atoms with van der Waals surface area (Å²) in [4.78, 5) is 4.47. The van der Waals surface area contributed by atoms with Crippen LogP contribution in [-0.2, 0) is 13.0 Å². The van der Waals surface area contributed by atoms with Crippen molar-refractivity contribution in [2.24, 2.45) is 0 Å². The van der Waals surface area contributed by atoms with Crippen LogP contribution >= 0.6 is 0 Å². The Bertz CT molecular complexity index is 305. The third-order valence-corrected chi connectivity index (χ3v) is 2.15. The van der Waals surface area contributed by atoms with Crippen molar-refractivity contribution in [3.8, 4) is 0 Å². The molecule has 1 aromatic heterocycles. The lowest BCUT2D eigenvalue weighted by Gasteiger charge is -2.15. The standard InChI is InChI=1S/C10H12N2/c1-2-9-4-3-8-7-11-6-5-10(8)12-9/h2-4,11H,1,5-7H2. The summed E-state index contributed by atoms with van der Waals surface area (Å²) in [6.45, 7) is 5.70. The summed E-state index contributed by atoms with van der Waals surface area (Å²) in [6.07, 6.45) is 2.83. The largest absolute Gasteiger partial charge is 0.312 e. The van der Waals surface area contributed by atoms with Crippen LogP contribution in [0.2, 0.25) is 0 Å². The molecule has 0 amide bonds. The summed E-state index contributed by atoms with van der Waals surface area (Å²) in [6, 6.07) is 4.14. The number of aromatic nitrogens is 1. The van der Waals surface area contributed by atoms with Gasteiger partial charge in [-0.1, -0.05) is 12.6 Å². The molecule has 2 nitrogen and oxygen atoms in total. The van der Waals surface area contributed by atoms with E-state index in [9.17, 15) is 0 Å².